The molecule has 0 saturated carbocycles. The molecule has 3 aromatic rings. The lowest BCUT2D eigenvalue weighted by molar-refractivity contribution is 1.25. The third-order valence-electron chi connectivity index (χ3n) is 4.32. The van der Waals surface area contributed by atoms with Crippen molar-refractivity contribution in [2.45, 2.75) is 6.42 Å². The van der Waals surface area contributed by atoms with Gasteiger partial charge < -0.3 is 0 Å². The fourth-order valence-electron chi connectivity index (χ4n) is 3.34. The number of hydrogen-bond acceptors (Lipinski definition) is 0. The molecule has 1 aliphatic rings. The largest absolute Gasteiger partial charge is 0.0984 e. The Bertz CT molecular complexity index is 826. The highest BCUT2D eigenvalue weighted by atomic mass is 14.2. The van der Waals surface area contributed by atoms with Crippen molar-refractivity contribution in [3.05, 3.63) is 90.0 Å². The van der Waals surface area contributed by atoms with E-state index in [0.717, 1.165) is 6.42 Å². The van der Waals surface area contributed by atoms with Crippen molar-refractivity contribution < 1.29 is 0 Å². The lowest BCUT2D eigenvalue weighted by Gasteiger charge is -2.12. The van der Waals surface area contributed by atoms with Crippen molar-refractivity contribution >= 4 is 6.08 Å². The van der Waals surface area contributed by atoms with Crippen LogP contribution in [-0.2, 0) is 6.42 Å². The van der Waals surface area contributed by atoms with Crippen LogP contribution >= 0.6 is 0 Å². The van der Waals surface area contributed by atoms with E-state index in [0.29, 0.717) is 0 Å². The third-order valence-corrected chi connectivity index (χ3v) is 4.32. The van der Waals surface area contributed by atoms with E-state index in [9.17, 15) is 0 Å². The molecule has 0 bridgehead atoms. The maximum atomic E-state index is 4.06. The molecule has 0 amide bonds. The summed E-state index contributed by atoms with van der Waals surface area (Å²) in [7, 11) is 0. The zero-order valence-electron chi connectivity index (χ0n) is 11.8. The molecule has 0 N–H and O–H groups in total. The van der Waals surface area contributed by atoms with Crippen LogP contribution in [0.4, 0.5) is 0 Å². The molecular weight excluding hydrogens is 252 g/mol. The van der Waals surface area contributed by atoms with E-state index in [-0.39, 0.29) is 0 Å². The molecule has 0 aromatic heterocycles. The van der Waals surface area contributed by atoms with Gasteiger partial charge in [-0.05, 0) is 45.4 Å². The summed E-state index contributed by atoms with van der Waals surface area (Å²) in [5.41, 5.74) is 9.36. The molecule has 0 radical (unpaired) electrons. The van der Waals surface area contributed by atoms with Crippen molar-refractivity contribution in [1.82, 2.24) is 0 Å². The standard InChI is InChI=1S/C21H16/c1-2-17-19(15-8-4-3-5-9-15)12-13-20-18-11-7-6-10-16(18)14-21(17)20/h2-13H,1,14H2. The van der Waals surface area contributed by atoms with Crippen molar-refractivity contribution in [1.29, 1.82) is 0 Å². The minimum atomic E-state index is 1.01. The van der Waals surface area contributed by atoms with E-state index in [1.807, 2.05) is 6.08 Å². The minimum absolute atomic E-state index is 1.01. The molecule has 0 heteroatoms. The van der Waals surface area contributed by atoms with Gasteiger partial charge in [-0.2, -0.15) is 0 Å². The fraction of sp³-hybridized carbons (Fsp3) is 0.0476. The smallest absolute Gasteiger partial charge is 0.000729 e. The first-order valence-electron chi connectivity index (χ1n) is 7.30. The molecule has 100 valence electrons. The van der Waals surface area contributed by atoms with Crippen LogP contribution in [0.15, 0.2) is 73.3 Å². The van der Waals surface area contributed by atoms with E-state index in [2.05, 4.69) is 73.3 Å². The Morgan fingerprint density at radius 3 is 2.24 bits per heavy atom. The zero-order chi connectivity index (χ0) is 14.2. The van der Waals surface area contributed by atoms with E-state index >= 15 is 0 Å². The number of benzene rings is 3. The third kappa shape index (κ3) is 1.84. The summed E-state index contributed by atoms with van der Waals surface area (Å²) < 4.78 is 0. The molecular formula is C21H16. The molecule has 3 aromatic carbocycles. The summed E-state index contributed by atoms with van der Waals surface area (Å²) in [4.78, 5) is 0. The first kappa shape index (κ1) is 12.2. The molecule has 21 heavy (non-hydrogen) atoms. The normalized spacial score (nSPS) is 11.8. The molecule has 0 atom stereocenters. The Hall–Kier alpha value is -2.60. The second-order valence-corrected chi connectivity index (χ2v) is 5.46. The summed E-state index contributed by atoms with van der Waals surface area (Å²) in [6, 6.07) is 23.7. The van der Waals surface area contributed by atoms with Gasteiger partial charge in [-0.1, -0.05) is 79.4 Å². The van der Waals surface area contributed by atoms with Gasteiger partial charge in [0.15, 0.2) is 0 Å². The fourth-order valence-corrected chi connectivity index (χ4v) is 3.34. The van der Waals surface area contributed by atoms with Gasteiger partial charge in [-0.15, -0.1) is 0 Å². The SMILES string of the molecule is C=Cc1c(-c2ccccc2)ccc2c1Cc1ccccc1-2. The summed E-state index contributed by atoms with van der Waals surface area (Å²) in [6.07, 6.45) is 3.01. The Balaban J connectivity index is 1.96. The van der Waals surface area contributed by atoms with Gasteiger partial charge in [-0.3, -0.25) is 0 Å². The van der Waals surface area contributed by atoms with Gasteiger partial charge in [-0.25, -0.2) is 0 Å². The molecule has 0 spiro atoms. The maximum Gasteiger partial charge on any atom is -0.000729 e. The van der Waals surface area contributed by atoms with Crippen LogP contribution in [0.25, 0.3) is 28.3 Å². The molecule has 4 rings (SSSR count). The summed E-state index contributed by atoms with van der Waals surface area (Å²) in [6.45, 7) is 4.06. The highest BCUT2D eigenvalue weighted by Gasteiger charge is 2.21. The Morgan fingerprint density at radius 1 is 0.714 bits per heavy atom. The second-order valence-electron chi connectivity index (χ2n) is 5.46. The van der Waals surface area contributed by atoms with Crippen molar-refractivity contribution in [3.8, 4) is 22.3 Å². The molecule has 0 fully saturated rings. The number of hydrogen-bond donors (Lipinski definition) is 0. The van der Waals surface area contributed by atoms with E-state index < -0.39 is 0 Å². The molecule has 0 unspecified atom stereocenters. The van der Waals surface area contributed by atoms with Crippen LogP contribution < -0.4 is 0 Å². The quantitative estimate of drug-likeness (QED) is 0.446. The van der Waals surface area contributed by atoms with E-state index in [1.165, 1.54) is 38.9 Å². The summed E-state index contributed by atoms with van der Waals surface area (Å²) in [5, 5.41) is 0. The van der Waals surface area contributed by atoms with Gasteiger partial charge in [0.25, 0.3) is 0 Å². The van der Waals surface area contributed by atoms with Gasteiger partial charge in [0.05, 0.1) is 0 Å². The molecule has 0 heterocycles. The topological polar surface area (TPSA) is 0 Å². The molecule has 0 aliphatic heterocycles. The van der Waals surface area contributed by atoms with Crippen molar-refractivity contribution in [2.24, 2.45) is 0 Å². The lowest BCUT2D eigenvalue weighted by atomic mass is 9.92. The highest BCUT2D eigenvalue weighted by Crippen LogP contribution is 2.41. The van der Waals surface area contributed by atoms with Crippen LogP contribution in [0.5, 0.6) is 0 Å². The molecule has 1 aliphatic carbocycles. The van der Waals surface area contributed by atoms with Gasteiger partial charge in [0, 0.05) is 0 Å². The van der Waals surface area contributed by atoms with Gasteiger partial charge >= 0.3 is 0 Å². The van der Waals surface area contributed by atoms with Crippen LogP contribution in [0, 0.1) is 0 Å². The Morgan fingerprint density at radius 2 is 1.43 bits per heavy atom. The predicted molar refractivity (Wildman–Crippen MR) is 90.2 cm³/mol. The Kier molecular flexibility index (Phi) is 2.75. The summed E-state index contributed by atoms with van der Waals surface area (Å²) in [5.74, 6) is 0. The number of fused-ring (bicyclic) bond motifs is 3. The monoisotopic (exact) mass is 268 g/mol. The predicted octanol–water partition coefficient (Wildman–Crippen LogP) is 5.57. The van der Waals surface area contributed by atoms with Crippen LogP contribution in [0.3, 0.4) is 0 Å². The molecule has 0 nitrogen and oxygen atoms in total. The maximum absolute atomic E-state index is 4.06. The van der Waals surface area contributed by atoms with Crippen molar-refractivity contribution in [3.63, 3.8) is 0 Å². The number of rotatable bonds is 2. The Labute approximate surface area is 125 Å². The van der Waals surface area contributed by atoms with E-state index in [4.69, 9.17) is 0 Å². The average molecular weight is 268 g/mol. The average Bonchev–Trinajstić information content (AvgIpc) is 2.93. The molecule has 0 saturated heterocycles. The zero-order valence-corrected chi connectivity index (χ0v) is 11.8. The van der Waals surface area contributed by atoms with Crippen LogP contribution in [0.1, 0.15) is 16.7 Å². The van der Waals surface area contributed by atoms with Crippen LogP contribution in [0.2, 0.25) is 0 Å². The minimum Gasteiger partial charge on any atom is -0.0984 e. The lowest BCUT2D eigenvalue weighted by Crippen LogP contribution is -1.91. The van der Waals surface area contributed by atoms with Crippen molar-refractivity contribution in [2.75, 3.05) is 0 Å². The van der Waals surface area contributed by atoms with E-state index in [1.54, 1.807) is 0 Å². The highest BCUT2D eigenvalue weighted by molar-refractivity contribution is 5.87. The van der Waals surface area contributed by atoms with Gasteiger partial charge in [0.1, 0.15) is 0 Å². The first-order valence-corrected chi connectivity index (χ1v) is 7.30. The second kappa shape index (κ2) is 4.75. The first-order chi connectivity index (χ1) is 10.4. The van der Waals surface area contributed by atoms with Gasteiger partial charge in [0.2, 0.25) is 0 Å². The summed E-state index contributed by atoms with van der Waals surface area (Å²) >= 11 is 0. The van der Waals surface area contributed by atoms with Crippen LogP contribution in [-0.4, -0.2) is 0 Å².